The zero-order valence-corrected chi connectivity index (χ0v) is 18.9. The minimum atomic E-state index is -0.963. The molecule has 4 N–H and O–H groups in total. The zero-order valence-electron chi connectivity index (χ0n) is 18.9. The van der Waals surface area contributed by atoms with Gasteiger partial charge in [0.1, 0.15) is 11.6 Å². The largest absolute Gasteiger partial charge is 0.508 e. The molecule has 2 heterocycles. The number of nitrogens with one attached hydrogen (secondary N) is 3. The predicted octanol–water partition coefficient (Wildman–Crippen LogP) is 3.29. The van der Waals surface area contributed by atoms with Gasteiger partial charge in [0.15, 0.2) is 17.3 Å². The topological polar surface area (TPSA) is 160 Å². The van der Waals surface area contributed by atoms with E-state index in [1.54, 1.807) is 13.2 Å². The van der Waals surface area contributed by atoms with Crippen LogP contribution in [0.1, 0.15) is 41.4 Å². The number of hydrogen-bond donors (Lipinski definition) is 4. The second-order valence-corrected chi connectivity index (χ2v) is 8.46. The highest BCUT2D eigenvalue weighted by Crippen LogP contribution is 2.49. The van der Waals surface area contributed by atoms with Gasteiger partial charge in [-0.05, 0) is 36.1 Å². The first-order valence-electron chi connectivity index (χ1n) is 10.8. The van der Waals surface area contributed by atoms with Crippen LogP contribution in [-0.2, 0) is 4.79 Å². The molecule has 0 bridgehead atoms. The van der Waals surface area contributed by atoms with E-state index >= 15 is 0 Å². The Kier molecular flexibility index (Phi) is 5.31. The number of rotatable bonds is 5. The van der Waals surface area contributed by atoms with Gasteiger partial charge in [-0.1, -0.05) is 6.07 Å². The number of H-pyrrole nitrogens is 2. The maximum Gasteiger partial charge on any atom is 0.270 e. The number of ketones is 1. The third-order valence-corrected chi connectivity index (χ3v) is 6.59. The number of nitro groups is 1. The average molecular weight is 478 g/mol. The van der Waals surface area contributed by atoms with Crippen LogP contribution in [0.4, 0.5) is 11.5 Å². The molecule has 1 aliphatic heterocycles. The van der Waals surface area contributed by atoms with Gasteiger partial charge in [-0.2, -0.15) is 0 Å². The number of carbonyl (C=O) groups is 1. The smallest absolute Gasteiger partial charge is 0.270 e. The SMILES string of the molecule is COc1ccc([C@H]2CC(=O)C3=C(C2)Nc2[nH][nH]c(=O)c2[C@@H]3c2cc([N+](=O)[O-])ccc2O)cc1OC. The fourth-order valence-corrected chi connectivity index (χ4v) is 4.96. The summed E-state index contributed by atoms with van der Waals surface area (Å²) >= 11 is 0. The summed E-state index contributed by atoms with van der Waals surface area (Å²) in [6.45, 7) is 0. The summed E-state index contributed by atoms with van der Waals surface area (Å²) in [7, 11) is 3.08. The maximum absolute atomic E-state index is 13.6. The molecule has 11 heteroatoms. The first-order chi connectivity index (χ1) is 16.8. The summed E-state index contributed by atoms with van der Waals surface area (Å²) < 4.78 is 10.7. The Labute approximate surface area is 198 Å². The van der Waals surface area contributed by atoms with Gasteiger partial charge in [-0.3, -0.25) is 29.9 Å². The van der Waals surface area contributed by atoms with Crippen LogP contribution >= 0.6 is 0 Å². The van der Waals surface area contributed by atoms with Crippen molar-refractivity contribution in [2.24, 2.45) is 0 Å². The minimum absolute atomic E-state index is 0.123. The lowest BCUT2D eigenvalue weighted by atomic mass is 9.72. The monoisotopic (exact) mass is 478 g/mol. The quantitative estimate of drug-likeness (QED) is 0.321. The lowest BCUT2D eigenvalue weighted by molar-refractivity contribution is -0.384. The number of nitrogens with zero attached hydrogens (tertiary/aromatic N) is 1. The number of carbonyl (C=O) groups excluding carboxylic acids is 1. The molecule has 0 amide bonds. The summed E-state index contributed by atoms with van der Waals surface area (Å²) in [6, 6.07) is 9.07. The summed E-state index contributed by atoms with van der Waals surface area (Å²) in [5.41, 5.74) is 1.36. The highest BCUT2D eigenvalue weighted by Gasteiger charge is 2.42. The number of phenols is 1. The number of phenolic OH excluding ortho intramolecular Hbond substituents is 1. The standard InChI is InChI=1S/C24H22N4O7/c1-34-18-6-3-11(9-19(18)35-2)12-7-15-21(17(30)8-12)20(22-23(25-15)26-27-24(22)31)14-10-13(28(32)33)4-5-16(14)29/h3-6,9-10,12,20,29H,7-8H2,1-2H3,(H3,25,26,27,31)/t12-,20-/m1/s1. The van der Waals surface area contributed by atoms with Crippen molar-refractivity contribution in [1.82, 2.24) is 10.2 Å². The molecule has 180 valence electrons. The molecular weight excluding hydrogens is 456 g/mol. The second-order valence-electron chi connectivity index (χ2n) is 8.46. The number of allylic oxidation sites excluding steroid dienone is 2. The van der Waals surface area contributed by atoms with E-state index in [0.29, 0.717) is 35.0 Å². The van der Waals surface area contributed by atoms with Crippen molar-refractivity contribution in [3.8, 4) is 17.2 Å². The van der Waals surface area contributed by atoms with E-state index in [1.165, 1.54) is 25.3 Å². The van der Waals surface area contributed by atoms with Crippen LogP contribution in [0.5, 0.6) is 17.2 Å². The molecule has 11 nitrogen and oxygen atoms in total. The molecule has 5 rings (SSSR count). The second kappa shape index (κ2) is 8.35. The summed E-state index contributed by atoms with van der Waals surface area (Å²) in [4.78, 5) is 37.0. The van der Waals surface area contributed by atoms with E-state index in [9.17, 15) is 24.8 Å². The fourth-order valence-electron chi connectivity index (χ4n) is 4.96. The molecule has 0 radical (unpaired) electrons. The van der Waals surface area contributed by atoms with Crippen molar-refractivity contribution in [2.45, 2.75) is 24.7 Å². The van der Waals surface area contributed by atoms with Crippen molar-refractivity contribution in [3.05, 3.63) is 84.8 Å². The van der Waals surface area contributed by atoms with E-state index in [2.05, 4.69) is 15.5 Å². The first-order valence-corrected chi connectivity index (χ1v) is 10.8. The number of benzene rings is 2. The van der Waals surface area contributed by atoms with Crippen molar-refractivity contribution in [1.29, 1.82) is 0 Å². The Morgan fingerprint density at radius 3 is 2.51 bits per heavy atom. The van der Waals surface area contributed by atoms with Gasteiger partial charge >= 0.3 is 0 Å². The molecule has 1 aromatic heterocycles. The molecule has 2 aliphatic rings. The number of Topliss-reactive ketones (excluding diaryl/α,β-unsaturated/α-hetero) is 1. The Balaban J connectivity index is 1.63. The van der Waals surface area contributed by atoms with Gasteiger partial charge in [0.2, 0.25) is 0 Å². The van der Waals surface area contributed by atoms with E-state index < -0.39 is 16.4 Å². The Morgan fingerprint density at radius 2 is 1.80 bits per heavy atom. The van der Waals surface area contributed by atoms with Crippen LogP contribution in [0.25, 0.3) is 0 Å². The molecule has 2 aromatic carbocycles. The molecule has 3 aromatic rings. The van der Waals surface area contributed by atoms with Crippen LogP contribution in [0.15, 0.2) is 52.5 Å². The maximum atomic E-state index is 13.6. The van der Waals surface area contributed by atoms with Crippen LogP contribution in [-0.4, -0.2) is 40.2 Å². The van der Waals surface area contributed by atoms with Gasteiger partial charge < -0.3 is 19.9 Å². The third kappa shape index (κ3) is 3.61. The molecular formula is C24H22N4O7. The van der Waals surface area contributed by atoms with Crippen molar-refractivity contribution in [2.75, 3.05) is 19.5 Å². The number of aromatic nitrogens is 2. The molecule has 0 fully saturated rings. The summed E-state index contributed by atoms with van der Waals surface area (Å²) in [5, 5.41) is 30.4. The van der Waals surface area contributed by atoms with Crippen molar-refractivity contribution >= 4 is 17.3 Å². The zero-order chi connectivity index (χ0) is 24.9. The van der Waals surface area contributed by atoms with Gasteiger partial charge in [0.25, 0.3) is 11.2 Å². The molecule has 0 saturated heterocycles. The number of aromatic hydroxyl groups is 1. The average Bonchev–Trinajstić information content (AvgIpc) is 3.22. The first kappa shape index (κ1) is 22.3. The lowest BCUT2D eigenvalue weighted by Gasteiger charge is -2.34. The van der Waals surface area contributed by atoms with Gasteiger partial charge in [-0.25, -0.2) is 0 Å². The third-order valence-electron chi connectivity index (χ3n) is 6.59. The summed E-state index contributed by atoms with van der Waals surface area (Å²) in [5.74, 6) is -0.132. The molecule has 0 saturated carbocycles. The van der Waals surface area contributed by atoms with Crippen molar-refractivity contribution < 1.29 is 24.3 Å². The number of anilines is 1. The van der Waals surface area contributed by atoms with Gasteiger partial charge in [0, 0.05) is 35.4 Å². The number of ether oxygens (including phenoxy) is 2. The highest BCUT2D eigenvalue weighted by atomic mass is 16.6. The molecule has 1 aliphatic carbocycles. The fraction of sp³-hybridized carbons (Fsp3) is 0.250. The number of non-ortho nitro benzene ring substituents is 1. The lowest BCUT2D eigenvalue weighted by Crippen LogP contribution is -2.31. The van der Waals surface area contributed by atoms with Crippen LogP contribution in [0.2, 0.25) is 0 Å². The van der Waals surface area contributed by atoms with E-state index in [-0.39, 0.29) is 40.7 Å². The van der Waals surface area contributed by atoms with Crippen molar-refractivity contribution in [3.63, 3.8) is 0 Å². The Bertz CT molecular complexity index is 1450. The Hall–Kier alpha value is -4.54. The van der Waals surface area contributed by atoms with Crippen LogP contribution in [0, 0.1) is 10.1 Å². The number of aromatic amines is 2. The molecule has 35 heavy (non-hydrogen) atoms. The highest BCUT2D eigenvalue weighted by molar-refractivity contribution is 6.01. The van der Waals surface area contributed by atoms with Crippen LogP contribution < -0.4 is 20.3 Å². The number of hydrogen-bond acceptors (Lipinski definition) is 8. The number of fused-ring (bicyclic) bond motifs is 1. The molecule has 0 unspecified atom stereocenters. The number of nitro benzene ring substituents is 1. The molecule has 0 spiro atoms. The number of methoxy groups -OCH3 is 2. The predicted molar refractivity (Wildman–Crippen MR) is 125 cm³/mol. The summed E-state index contributed by atoms with van der Waals surface area (Å²) in [6.07, 6.45) is 0.593. The van der Waals surface area contributed by atoms with Gasteiger partial charge in [-0.15, -0.1) is 0 Å². The van der Waals surface area contributed by atoms with E-state index in [1.807, 2.05) is 12.1 Å². The normalized spacial score (nSPS) is 19.0. The van der Waals surface area contributed by atoms with E-state index in [0.717, 1.165) is 5.56 Å². The Morgan fingerprint density at radius 1 is 1.03 bits per heavy atom. The minimum Gasteiger partial charge on any atom is -0.508 e. The van der Waals surface area contributed by atoms with Crippen LogP contribution in [0.3, 0.4) is 0 Å². The van der Waals surface area contributed by atoms with E-state index in [4.69, 9.17) is 9.47 Å². The molecule has 2 atom stereocenters. The van der Waals surface area contributed by atoms with Gasteiger partial charge in [0.05, 0.1) is 30.6 Å².